The van der Waals surface area contributed by atoms with E-state index in [-0.39, 0.29) is 0 Å². The van der Waals surface area contributed by atoms with Crippen molar-refractivity contribution in [2.45, 2.75) is 12.1 Å². The van der Waals surface area contributed by atoms with Crippen molar-refractivity contribution in [3.8, 4) is 0 Å². The van der Waals surface area contributed by atoms with Gasteiger partial charge in [0.2, 0.25) is 5.16 Å². The minimum absolute atomic E-state index is 0.380. The maximum absolute atomic E-state index is 4.18. The third kappa shape index (κ3) is 1.27. The Morgan fingerprint density at radius 3 is 3.00 bits per heavy atom. The van der Waals surface area contributed by atoms with Crippen molar-refractivity contribution in [1.29, 1.82) is 0 Å². The number of benzene rings is 1. The summed E-state index contributed by atoms with van der Waals surface area (Å²) in [5.74, 6) is 0. The average molecular weight is 216 g/mol. The molecule has 0 bridgehead atoms. The SMILES string of the molecule is Cc1ccc2[nH]c3nc(S)nnc3c2c1. The van der Waals surface area contributed by atoms with Crippen LogP contribution in [0, 0.1) is 6.92 Å². The quantitative estimate of drug-likeness (QED) is 0.566. The average Bonchev–Trinajstić information content (AvgIpc) is 2.54. The summed E-state index contributed by atoms with van der Waals surface area (Å²) in [7, 11) is 0. The second-order valence-electron chi connectivity index (χ2n) is 3.48. The van der Waals surface area contributed by atoms with Crippen LogP contribution in [0.2, 0.25) is 0 Å². The van der Waals surface area contributed by atoms with Gasteiger partial charge in [-0.05, 0) is 19.1 Å². The van der Waals surface area contributed by atoms with Gasteiger partial charge in [-0.3, -0.25) is 0 Å². The van der Waals surface area contributed by atoms with Crippen LogP contribution in [0.3, 0.4) is 0 Å². The molecular formula is C10H8N4S. The molecular weight excluding hydrogens is 208 g/mol. The third-order valence-corrected chi connectivity index (χ3v) is 2.55. The van der Waals surface area contributed by atoms with Crippen LogP contribution in [0.15, 0.2) is 23.4 Å². The highest BCUT2D eigenvalue weighted by atomic mass is 32.1. The minimum atomic E-state index is 0.380. The molecule has 1 N–H and O–H groups in total. The number of H-pyrrole nitrogens is 1. The van der Waals surface area contributed by atoms with Gasteiger partial charge in [-0.15, -0.1) is 22.8 Å². The fourth-order valence-electron chi connectivity index (χ4n) is 1.68. The molecule has 4 nitrogen and oxygen atoms in total. The lowest BCUT2D eigenvalue weighted by Crippen LogP contribution is -1.87. The molecule has 15 heavy (non-hydrogen) atoms. The number of rotatable bonds is 0. The molecule has 0 unspecified atom stereocenters. The van der Waals surface area contributed by atoms with Crippen molar-refractivity contribution in [3.63, 3.8) is 0 Å². The molecule has 5 heteroatoms. The Balaban J connectivity index is 2.53. The Kier molecular flexibility index (Phi) is 1.70. The molecule has 0 aliphatic carbocycles. The molecule has 0 amide bonds. The van der Waals surface area contributed by atoms with Gasteiger partial charge in [0.15, 0.2) is 5.65 Å². The molecule has 0 saturated carbocycles. The maximum Gasteiger partial charge on any atom is 0.207 e. The molecule has 0 atom stereocenters. The zero-order valence-electron chi connectivity index (χ0n) is 8.02. The molecule has 3 aromatic rings. The van der Waals surface area contributed by atoms with Crippen molar-refractivity contribution >= 4 is 34.7 Å². The monoisotopic (exact) mass is 216 g/mol. The topological polar surface area (TPSA) is 54.5 Å². The Hall–Kier alpha value is -1.62. The number of fused-ring (bicyclic) bond motifs is 3. The standard InChI is InChI=1S/C10H8N4S/c1-5-2-3-7-6(4-5)8-9(11-7)12-10(15)14-13-8/h2-4H,1H3,(H2,11,12,14,15). The van der Waals surface area contributed by atoms with Crippen LogP contribution in [-0.2, 0) is 0 Å². The summed E-state index contributed by atoms with van der Waals surface area (Å²) in [6, 6.07) is 6.14. The van der Waals surface area contributed by atoms with Crippen molar-refractivity contribution in [2.24, 2.45) is 0 Å². The van der Waals surface area contributed by atoms with E-state index in [9.17, 15) is 0 Å². The smallest absolute Gasteiger partial charge is 0.207 e. The predicted octanol–water partition coefficient (Wildman–Crippen LogP) is 2.10. The molecule has 74 valence electrons. The summed E-state index contributed by atoms with van der Waals surface area (Å²) < 4.78 is 0. The molecule has 0 saturated heterocycles. The van der Waals surface area contributed by atoms with Crippen LogP contribution in [0.25, 0.3) is 22.1 Å². The van der Waals surface area contributed by atoms with E-state index in [2.05, 4.69) is 38.9 Å². The molecule has 3 rings (SSSR count). The Morgan fingerprint density at radius 1 is 1.27 bits per heavy atom. The summed E-state index contributed by atoms with van der Waals surface area (Å²) in [5, 5.41) is 9.37. The van der Waals surface area contributed by atoms with Gasteiger partial charge in [-0.25, -0.2) is 4.98 Å². The lowest BCUT2D eigenvalue weighted by Gasteiger charge is -1.91. The zero-order chi connectivity index (χ0) is 10.4. The first kappa shape index (κ1) is 8.67. The van der Waals surface area contributed by atoms with E-state index in [1.807, 2.05) is 19.1 Å². The van der Waals surface area contributed by atoms with E-state index in [1.165, 1.54) is 5.56 Å². The van der Waals surface area contributed by atoms with Gasteiger partial charge >= 0.3 is 0 Å². The van der Waals surface area contributed by atoms with Crippen molar-refractivity contribution in [1.82, 2.24) is 20.2 Å². The number of nitrogens with one attached hydrogen (secondary N) is 1. The lowest BCUT2D eigenvalue weighted by atomic mass is 10.2. The van der Waals surface area contributed by atoms with Crippen molar-refractivity contribution < 1.29 is 0 Å². The number of aromatic amines is 1. The van der Waals surface area contributed by atoms with E-state index in [0.29, 0.717) is 5.16 Å². The number of hydrogen-bond donors (Lipinski definition) is 2. The van der Waals surface area contributed by atoms with Crippen LogP contribution in [0.4, 0.5) is 0 Å². The van der Waals surface area contributed by atoms with Crippen molar-refractivity contribution in [3.05, 3.63) is 23.8 Å². The Bertz CT molecular complexity index is 659. The van der Waals surface area contributed by atoms with E-state index in [0.717, 1.165) is 22.1 Å². The highest BCUT2D eigenvalue weighted by Crippen LogP contribution is 2.22. The Morgan fingerprint density at radius 2 is 2.13 bits per heavy atom. The normalized spacial score (nSPS) is 11.3. The van der Waals surface area contributed by atoms with Gasteiger partial charge in [0.1, 0.15) is 5.52 Å². The number of aromatic nitrogens is 4. The lowest BCUT2D eigenvalue weighted by molar-refractivity contribution is 0.883. The summed E-state index contributed by atoms with van der Waals surface area (Å²) in [5.41, 5.74) is 3.75. The summed E-state index contributed by atoms with van der Waals surface area (Å²) >= 11 is 4.06. The minimum Gasteiger partial charge on any atom is -0.338 e. The second kappa shape index (κ2) is 2.93. The van der Waals surface area contributed by atoms with Gasteiger partial charge in [0.25, 0.3) is 0 Å². The van der Waals surface area contributed by atoms with Crippen LogP contribution in [-0.4, -0.2) is 20.2 Å². The van der Waals surface area contributed by atoms with Gasteiger partial charge in [-0.2, -0.15) is 0 Å². The van der Waals surface area contributed by atoms with Gasteiger partial charge in [-0.1, -0.05) is 11.6 Å². The van der Waals surface area contributed by atoms with Gasteiger partial charge in [0.05, 0.1) is 0 Å². The second-order valence-corrected chi connectivity index (χ2v) is 3.88. The first-order valence-corrected chi connectivity index (χ1v) is 5.00. The fraction of sp³-hybridized carbons (Fsp3) is 0.100. The van der Waals surface area contributed by atoms with E-state index < -0.39 is 0 Å². The molecule has 2 heterocycles. The highest BCUT2D eigenvalue weighted by molar-refractivity contribution is 7.80. The number of aryl methyl sites for hydroxylation is 1. The van der Waals surface area contributed by atoms with E-state index in [4.69, 9.17) is 0 Å². The Labute approximate surface area is 91.2 Å². The van der Waals surface area contributed by atoms with E-state index >= 15 is 0 Å². The van der Waals surface area contributed by atoms with Crippen LogP contribution < -0.4 is 0 Å². The van der Waals surface area contributed by atoms with Gasteiger partial charge in [0, 0.05) is 10.9 Å². The molecule has 0 aliphatic rings. The molecule has 1 aromatic carbocycles. The van der Waals surface area contributed by atoms with Crippen LogP contribution >= 0.6 is 12.6 Å². The molecule has 2 aromatic heterocycles. The predicted molar refractivity (Wildman–Crippen MR) is 61.2 cm³/mol. The van der Waals surface area contributed by atoms with E-state index in [1.54, 1.807) is 0 Å². The van der Waals surface area contributed by atoms with Crippen molar-refractivity contribution in [2.75, 3.05) is 0 Å². The zero-order valence-corrected chi connectivity index (χ0v) is 8.92. The number of hydrogen-bond acceptors (Lipinski definition) is 4. The molecule has 0 fully saturated rings. The van der Waals surface area contributed by atoms with Gasteiger partial charge < -0.3 is 4.98 Å². The maximum atomic E-state index is 4.18. The number of thiol groups is 1. The molecule has 0 aliphatic heterocycles. The first-order chi connectivity index (χ1) is 7.24. The highest BCUT2D eigenvalue weighted by Gasteiger charge is 2.07. The summed E-state index contributed by atoms with van der Waals surface area (Å²) in [6.45, 7) is 2.05. The molecule has 0 spiro atoms. The largest absolute Gasteiger partial charge is 0.338 e. The third-order valence-electron chi connectivity index (χ3n) is 2.36. The number of nitrogens with zero attached hydrogens (tertiary/aromatic N) is 3. The first-order valence-electron chi connectivity index (χ1n) is 4.56. The van der Waals surface area contributed by atoms with Crippen LogP contribution in [0.5, 0.6) is 0 Å². The molecule has 0 radical (unpaired) electrons. The summed E-state index contributed by atoms with van der Waals surface area (Å²) in [4.78, 5) is 7.36. The van der Waals surface area contributed by atoms with Crippen LogP contribution in [0.1, 0.15) is 5.56 Å². The summed E-state index contributed by atoms with van der Waals surface area (Å²) in [6.07, 6.45) is 0. The fourth-order valence-corrected chi connectivity index (χ4v) is 1.82.